The summed E-state index contributed by atoms with van der Waals surface area (Å²) in [6.07, 6.45) is -5.77. The molecular formula is C37H40O16. The summed E-state index contributed by atoms with van der Waals surface area (Å²) in [6.45, 7) is 8.61. The van der Waals surface area contributed by atoms with E-state index in [1.807, 2.05) is 13.8 Å². The van der Waals surface area contributed by atoms with Gasteiger partial charge in [0.25, 0.3) is 0 Å². The van der Waals surface area contributed by atoms with E-state index in [1.54, 1.807) is 30.3 Å². The van der Waals surface area contributed by atoms with E-state index in [4.69, 9.17) is 42.3 Å². The minimum atomic E-state index is -1.67. The van der Waals surface area contributed by atoms with Crippen molar-refractivity contribution in [3.05, 3.63) is 57.8 Å². The average Bonchev–Trinajstić information content (AvgIpc) is 3.06. The Labute approximate surface area is 303 Å². The monoisotopic (exact) mass is 740 g/mol. The van der Waals surface area contributed by atoms with Crippen LogP contribution in [-0.2, 0) is 54.1 Å². The van der Waals surface area contributed by atoms with Crippen molar-refractivity contribution in [2.24, 2.45) is 0 Å². The standard InChI is InChI=1S/C37H40O16/c1-17(2)9-14-25-27(15-26(43)29-30(44)34(48-20(5)40)31(53-32(25)29)23-10-12-24(45-8)13-11-23)51-37-36(50-22(7)42)35(49-21(6)41)33(47-19(4)39)28(52-37)16-46-18(3)38/h9-13,15,28,33,35-37,43H,14,16H2,1-8H3/t28?,33-,35+,36-,37-/m1/s1. The van der Waals surface area contributed by atoms with Crippen molar-refractivity contribution in [3.63, 3.8) is 0 Å². The number of hydrogen-bond acceptors (Lipinski definition) is 16. The third-order valence-electron chi connectivity index (χ3n) is 7.67. The van der Waals surface area contributed by atoms with Crippen LogP contribution in [0.1, 0.15) is 54.0 Å². The molecule has 3 aromatic rings. The van der Waals surface area contributed by atoms with Crippen LogP contribution in [-0.4, -0.2) is 79.4 Å². The van der Waals surface area contributed by atoms with Crippen molar-refractivity contribution in [2.45, 2.75) is 85.6 Å². The van der Waals surface area contributed by atoms with E-state index in [0.717, 1.165) is 46.3 Å². The number of methoxy groups -OCH3 is 1. The van der Waals surface area contributed by atoms with Crippen LogP contribution in [0.5, 0.6) is 23.0 Å². The zero-order chi connectivity index (χ0) is 39.1. The van der Waals surface area contributed by atoms with Gasteiger partial charge >= 0.3 is 29.8 Å². The molecule has 16 heteroatoms. The van der Waals surface area contributed by atoms with Gasteiger partial charge in [0.1, 0.15) is 40.9 Å². The van der Waals surface area contributed by atoms with Gasteiger partial charge in [0, 0.05) is 51.8 Å². The van der Waals surface area contributed by atoms with Crippen LogP contribution < -0.4 is 19.6 Å². The Hall–Kier alpha value is -5.90. The van der Waals surface area contributed by atoms with E-state index in [-0.39, 0.29) is 34.5 Å². The number of phenols is 1. The van der Waals surface area contributed by atoms with Crippen LogP contribution in [0.2, 0.25) is 0 Å². The van der Waals surface area contributed by atoms with E-state index in [1.165, 1.54) is 7.11 Å². The molecule has 16 nitrogen and oxygen atoms in total. The number of aromatic hydroxyl groups is 1. The van der Waals surface area contributed by atoms with Crippen LogP contribution in [0.4, 0.5) is 0 Å². The number of carbonyl (C=O) groups excluding carboxylic acids is 5. The van der Waals surface area contributed by atoms with Gasteiger partial charge in [-0.25, -0.2) is 0 Å². The van der Waals surface area contributed by atoms with Gasteiger partial charge in [0.2, 0.25) is 23.6 Å². The highest BCUT2D eigenvalue weighted by Crippen LogP contribution is 2.41. The molecule has 2 aromatic carbocycles. The Morgan fingerprint density at radius 3 is 1.96 bits per heavy atom. The van der Waals surface area contributed by atoms with Crippen LogP contribution in [0.3, 0.4) is 0 Å². The lowest BCUT2D eigenvalue weighted by Gasteiger charge is -2.44. The number of phenolic OH excluding ortho intramolecular Hbond substituents is 1. The molecule has 0 amide bonds. The van der Waals surface area contributed by atoms with Gasteiger partial charge in [-0.1, -0.05) is 11.6 Å². The van der Waals surface area contributed by atoms with Gasteiger partial charge < -0.3 is 47.4 Å². The van der Waals surface area contributed by atoms with Crippen LogP contribution in [0, 0.1) is 0 Å². The van der Waals surface area contributed by atoms with Crippen LogP contribution in [0.15, 0.2) is 51.2 Å². The Morgan fingerprint density at radius 1 is 0.811 bits per heavy atom. The summed E-state index contributed by atoms with van der Waals surface area (Å²) < 4.78 is 50.9. The minimum Gasteiger partial charge on any atom is -0.507 e. The Balaban J connectivity index is 2.00. The van der Waals surface area contributed by atoms with Gasteiger partial charge in [0.05, 0.1) is 7.11 Å². The smallest absolute Gasteiger partial charge is 0.308 e. The molecule has 0 saturated carbocycles. The summed E-state index contributed by atoms with van der Waals surface area (Å²) in [4.78, 5) is 74.8. The summed E-state index contributed by atoms with van der Waals surface area (Å²) in [5, 5.41) is 11.0. The molecule has 0 radical (unpaired) electrons. The first kappa shape index (κ1) is 39.9. The second-order valence-electron chi connectivity index (χ2n) is 12.2. The zero-order valence-corrected chi connectivity index (χ0v) is 30.3. The van der Waals surface area contributed by atoms with Crippen molar-refractivity contribution in [2.75, 3.05) is 13.7 Å². The number of esters is 5. The van der Waals surface area contributed by atoms with E-state index < -0.39 is 84.1 Å². The number of benzene rings is 2. The molecule has 1 unspecified atom stereocenters. The van der Waals surface area contributed by atoms with Crippen molar-refractivity contribution in [1.82, 2.24) is 0 Å². The minimum absolute atomic E-state index is 0.0393. The van der Waals surface area contributed by atoms with Gasteiger partial charge in [-0.2, -0.15) is 0 Å². The third-order valence-corrected chi connectivity index (χ3v) is 7.67. The maximum absolute atomic E-state index is 14.0. The molecule has 5 atom stereocenters. The predicted molar refractivity (Wildman–Crippen MR) is 183 cm³/mol. The van der Waals surface area contributed by atoms with E-state index >= 15 is 0 Å². The molecule has 1 N–H and O–H groups in total. The summed E-state index contributed by atoms with van der Waals surface area (Å²) in [5.41, 5.74) is 0.323. The number of hydrogen-bond donors (Lipinski definition) is 1. The average molecular weight is 741 g/mol. The number of fused-ring (bicyclic) bond motifs is 1. The molecule has 284 valence electrons. The number of rotatable bonds is 12. The summed E-state index contributed by atoms with van der Waals surface area (Å²) >= 11 is 0. The fourth-order valence-electron chi connectivity index (χ4n) is 5.54. The molecule has 4 rings (SSSR count). The molecule has 53 heavy (non-hydrogen) atoms. The second-order valence-corrected chi connectivity index (χ2v) is 12.2. The lowest BCUT2D eigenvalue weighted by atomic mass is 9.97. The molecule has 0 bridgehead atoms. The molecule has 1 saturated heterocycles. The molecule has 0 aliphatic carbocycles. The molecule has 1 fully saturated rings. The first-order chi connectivity index (χ1) is 25.0. The Morgan fingerprint density at radius 2 is 1.42 bits per heavy atom. The SMILES string of the molecule is COc1ccc(-c2oc3c(CC=C(C)C)c(O[C@@H]4OC(COC(C)=O)[C@@H](OC(C)=O)[C@H](OC(C)=O)[C@H]4OC(C)=O)cc(O)c3c(=O)c2OC(C)=O)cc1. The summed E-state index contributed by atoms with van der Waals surface area (Å²) in [5.74, 6) is -4.98. The Bertz CT molecular complexity index is 1970. The van der Waals surface area contributed by atoms with Crippen LogP contribution in [0.25, 0.3) is 22.3 Å². The van der Waals surface area contributed by atoms with E-state index in [9.17, 15) is 33.9 Å². The number of allylic oxidation sites excluding steroid dienone is 2. The predicted octanol–water partition coefficient (Wildman–Crippen LogP) is 4.07. The number of carbonyl (C=O) groups is 5. The highest BCUT2D eigenvalue weighted by Gasteiger charge is 2.53. The van der Waals surface area contributed by atoms with Crippen molar-refractivity contribution in [1.29, 1.82) is 0 Å². The summed E-state index contributed by atoms with van der Waals surface area (Å²) in [6, 6.07) is 7.43. The fraction of sp³-hybridized carbons (Fsp3) is 0.405. The Kier molecular flexibility index (Phi) is 12.8. The molecule has 1 aliphatic rings. The third kappa shape index (κ3) is 9.71. The number of ether oxygens (including phenoxy) is 8. The van der Waals surface area contributed by atoms with Gasteiger partial charge in [0.15, 0.2) is 18.0 Å². The molecule has 1 aliphatic heterocycles. The van der Waals surface area contributed by atoms with Gasteiger partial charge in [-0.3, -0.25) is 28.8 Å². The largest absolute Gasteiger partial charge is 0.507 e. The van der Waals surface area contributed by atoms with Gasteiger partial charge in [-0.15, -0.1) is 0 Å². The van der Waals surface area contributed by atoms with Crippen molar-refractivity contribution in [3.8, 4) is 34.3 Å². The van der Waals surface area contributed by atoms with E-state index in [2.05, 4.69) is 0 Å². The second kappa shape index (κ2) is 17.1. The van der Waals surface area contributed by atoms with Crippen LogP contribution >= 0.6 is 0 Å². The van der Waals surface area contributed by atoms with Crippen molar-refractivity contribution < 1.29 is 71.4 Å². The normalized spacial score (nSPS) is 19.4. The molecule has 2 heterocycles. The topological polar surface area (TPSA) is 210 Å². The van der Waals surface area contributed by atoms with Gasteiger partial charge in [-0.05, 0) is 44.5 Å². The quantitative estimate of drug-likeness (QED) is 0.158. The summed E-state index contributed by atoms with van der Waals surface area (Å²) in [7, 11) is 1.47. The lowest BCUT2D eigenvalue weighted by molar-refractivity contribution is -0.288. The fourth-order valence-corrected chi connectivity index (χ4v) is 5.54. The highest BCUT2D eigenvalue weighted by molar-refractivity contribution is 5.92. The lowest BCUT2D eigenvalue weighted by Crippen LogP contribution is -2.63. The zero-order valence-electron chi connectivity index (χ0n) is 30.3. The molecule has 0 spiro atoms. The first-order valence-corrected chi connectivity index (χ1v) is 16.3. The molecular weight excluding hydrogens is 700 g/mol. The van der Waals surface area contributed by atoms with E-state index in [0.29, 0.717) is 11.3 Å². The molecule has 1 aromatic heterocycles. The first-order valence-electron chi connectivity index (χ1n) is 16.3. The van der Waals surface area contributed by atoms with Crippen molar-refractivity contribution >= 4 is 40.8 Å². The maximum Gasteiger partial charge on any atom is 0.308 e. The maximum atomic E-state index is 14.0. The highest BCUT2D eigenvalue weighted by atomic mass is 16.7.